The Morgan fingerprint density at radius 1 is 1.20 bits per heavy atom. The van der Waals surface area contributed by atoms with Crippen molar-refractivity contribution in [1.29, 1.82) is 0 Å². The van der Waals surface area contributed by atoms with Gasteiger partial charge >= 0.3 is 12.1 Å². The number of rotatable bonds is 14. The first-order chi connectivity index (χ1) is 24.0. The number of ketones is 1. The van der Waals surface area contributed by atoms with Gasteiger partial charge in [-0.1, -0.05) is 45.1 Å². The fourth-order valence-electron chi connectivity index (χ4n) is 6.90. The molecule has 1 amide bonds. The number of allylic oxidation sites excluding steroid dienone is 2. The van der Waals surface area contributed by atoms with Gasteiger partial charge in [0.05, 0.1) is 36.4 Å². The third-order valence-electron chi connectivity index (χ3n) is 10.7. The molecule has 3 aliphatic rings. The van der Waals surface area contributed by atoms with Gasteiger partial charge in [-0.2, -0.15) is 0 Å². The molecule has 0 unspecified atom stereocenters. The van der Waals surface area contributed by atoms with E-state index in [0.717, 1.165) is 18.5 Å². The largest absolute Gasteiger partial charge is 0.457 e. The zero-order valence-corrected chi connectivity index (χ0v) is 32.1. The van der Waals surface area contributed by atoms with Gasteiger partial charge in [0.25, 0.3) is 0 Å². The maximum absolute atomic E-state index is 13.5. The maximum atomic E-state index is 13.5. The second kappa shape index (κ2) is 19.5. The third kappa shape index (κ3) is 13.4. The molecule has 10 atom stereocenters. The molecule has 3 aliphatic heterocycles. The lowest BCUT2D eigenvalue weighted by atomic mass is 9.88. The van der Waals surface area contributed by atoms with Crippen LogP contribution in [0.5, 0.6) is 0 Å². The molecule has 2 fully saturated rings. The summed E-state index contributed by atoms with van der Waals surface area (Å²) < 4.78 is 23.7. The number of piperazine rings is 1. The number of nitrogens with zero attached hydrogens (tertiary/aromatic N) is 2. The molecule has 290 valence electrons. The van der Waals surface area contributed by atoms with E-state index in [1.165, 1.54) is 0 Å². The van der Waals surface area contributed by atoms with Crippen LogP contribution >= 0.6 is 0 Å². The molecule has 3 rings (SSSR count). The van der Waals surface area contributed by atoms with Gasteiger partial charge in [-0.3, -0.25) is 9.69 Å². The number of cyclic esters (lactones) is 1. The van der Waals surface area contributed by atoms with Crippen molar-refractivity contribution in [1.82, 2.24) is 9.80 Å². The van der Waals surface area contributed by atoms with Gasteiger partial charge in [0.2, 0.25) is 0 Å². The Hall–Kier alpha value is -2.61. The number of aliphatic hydroxyl groups is 3. The Bertz CT molecular complexity index is 1240. The van der Waals surface area contributed by atoms with Gasteiger partial charge in [-0.25, -0.2) is 4.79 Å². The van der Waals surface area contributed by atoms with E-state index >= 15 is 0 Å². The average Bonchev–Trinajstić information content (AvgIpc) is 3.84. The smallest absolute Gasteiger partial charge is 0.410 e. The Morgan fingerprint density at radius 3 is 2.51 bits per heavy atom. The highest BCUT2D eigenvalue weighted by molar-refractivity contribution is 5.75. The lowest BCUT2D eigenvalue weighted by molar-refractivity contribution is -0.151. The summed E-state index contributed by atoms with van der Waals surface area (Å²) in [7, 11) is 1.55. The first kappa shape index (κ1) is 42.8. The Kier molecular flexibility index (Phi) is 16.3. The van der Waals surface area contributed by atoms with Crippen LogP contribution < -0.4 is 0 Å². The van der Waals surface area contributed by atoms with Crippen molar-refractivity contribution in [3.05, 3.63) is 36.0 Å². The molecule has 2 saturated heterocycles. The van der Waals surface area contributed by atoms with E-state index in [4.69, 9.17) is 18.9 Å². The predicted octanol–water partition coefficient (Wildman–Crippen LogP) is 4.35. The van der Waals surface area contributed by atoms with Crippen LogP contribution in [0.3, 0.4) is 0 Å². The Balaban J connectivity index is 1.73. The van der Waals surface area contributed by atoms with Gasteiger partial charge in [-0.05, 0) is 71.6 Å². The first-order valence-electron chi connectivity index (χ1n) is 18.7. The van der Waals surface area contributed by atoms with Crippen molar-refractivity contribution in [2.75, 3.05) is 39.8 Å². The molecular weight excluding hydrogens is 656 g/mol. The minimum atomic E-state index is -1.16. The molecule has 0 aromatic rings. The number of hydrogen-bond donors (Lipinski definition) is 3. The van der Waals surface area contributed by atoms with Gasteiger partial charge in [0, 0.05) is 58.0 Å². The van der Waals surface area contributed by atoms with Crippen molar-refractivity contribution >= 4 is 17.8 Å². The van der Waals surface area contributed by atoms with Gasteiger partial charge in [-0.15, -0.1) is 0 Å². The number of aliphatic hydroxyl groups excluding tert-OH is 2. The van der Waals surface area contributed by atoms with Gasteiger partial charge in [0.15, 0.2) is 6.10 Å². The summed E-state index contributed by atoms with van der Waals surface area (Å²) >= 11 is 0. The molecule has 3 N–H and O–H groups in total. The standard InChI is InChI=1S/C39H64N2O10/c1-9-31(44)29(5)36-32(49-36)25-38(6,47)17-10-12-26(2)35-27(3)14-15-33(39(7,48-8)18-16-30(43)24-34(45)51-35)50-37(46)41-22-20-40(21-23-41)19-11-13-28(4)42/h10,12,14-15,17,27,29-33,35-36,43-44,47H,9,11,13,16,18-25H2,1-8H3/b15-14+,17-10+,26-12+/t27-,29+,30+,31-,32+,33-,35+,36+,38-,39+/m0/s1. The summed E-state index contributed by atoms with van der Waals surface area (Å²) in [6.07, 6.45) is 8.04. The topological polar surface area (TPSA) is 159 Å². The maximum Gasteiger partial charge on any atom is 0.410 e. The molecule has 12 heteroatoms. The van der Waals surface area contributed by atoms with E-state index in [9.17, 15) is 29.7 Å². The van der Waals surface area contributed by atoms with Crippen LogP contribution in [0, 0.1) is 11.8 Å². The molecule has 0 bridgehead atoms. The number of ether oxygens (including phenoxy) is 4. The van der Waals surface area contributed by atoms with E-state index in [1.807, 2.05) is 40.7 Å². The minimum Gasteiger partial charge on any atom is -0.457 e. The number of hydrogen-bond acceptors (Lipinski definition) is 11. The van der Waals surface area contributed by atoms with Crippen LogP contribution in [0.2, 0.25) is 0 Å². The summed E-state index contributed by atoms with van der Waals surface area (Å²) in [5.74, 6) is -0.708. The number of methoxy groups -OCH3 is 1. The van der Waals surface area contributed by atoms with Crippen LogP contribution in [0.25, 0.3) is 0 Å². The van der Waals surface area contributed by atoms with Crippen LogP contribution in [0.4, 0.5) is 4.79 Å². The number of esters is 1. The van der Waals surface area contributed by atoms with Crippen molar-refractivity contribution in [2.45, 2.75) is 141 Å². The lowest BCUT2D eigenvalue weighted by Gasteiger charge is -2.38. The molecule has 51 heavy (non-hydrogen) atoms. The number of Topliss-reactive ketones (excluding diaryl/α,β-unsaturated/α-hetero) is 1. The first-order valence-corrected chi connectivity index (χ1v) is 18.7. The van der Waals surface area contributed by atoms with Crippen molar-refractivity contribution < 1.29 is 48.7 Å². The summed E-state index contributed by atoms with van der Waals surface area (Å²) in [6, 6.07) is 0. The van der Waals surface area contributed by atoms with E-state index in [-0.39, 0.29) is 42.7 Å². The molecule has 0 spiro atoms. The fourth-order valence-corrected chi connectivity index (χ4v) is 6.90. The second-order valence-electron chi connectivity index (χ2n) is 15.3. The van der Waals surface area contributed by atoms with Crippen LogP contribution in [-0.2, 0) is 28.5 Å². The van der Waals surface area contributed by atoms with Crippen LogP contribution in [-0.4, -0.2) is 131 Å². The molecule has 0 saturated carbocycles. The Morgan fingerprint density at radius 2 is 1.88 bits per heavy atom. The summed E-state index contributed by atoms with van der Waals surface area (Å²) in [4.78, 5) is 41.7. The number of amides is 1. The third-order valence-corrected chi connectivity index (χ3v) is 10.7. The van der Waals surface area contributed by atoms with Crippen LogP contribution in [0.1, 0.15) is 93.4 Å². The van der Waals surface area contributed by atoms with E-state index in [1.54, 1.807) is 50.2 Å². The average molecular weight is 721 g/mol. The fraction of sp³-hybridized carbons (Fsp3) is 0.769. The molecule has 0 aliphatic carbocycles. The summed E-state index contributed by atoms with van der Waals surface area (Å²) in [6.45, 7) is 16.0. The van der Waals surface area contributed by atoms with E-state index < -0.39 is 47.7 Å². The quantitative estimate of drug-likeness (QED) is 0.101. The molecule has 0 aromatic carbocycles. The molecule has 12 nitrogen and oxygen atoms in total. The number of carbonyl (C=O) groups is 3. The Labute approximate surface area is 304 Å². The van der Waals surface area contributed by atoms with Gasteiger partial charge < -0.3 is 44.0 Å². The van der Waals surface area contributed by atoms with Crippen molar-refractivity contribution in [3.63, 3.8) is 0 Å². The van der Waals surface area contributed by atoms with Crippen molar-refractivity contribution in [2.24, 2.45) is 11.8 Å². The zero-order chi connectivity index (χ0) is 37.9. The van der Waals surface area contributed by atoms with Crippen molar-refractivity contribution in [3.8, 4) is 0 Å². The zero-order valence-electron chi connectivity index (χ0n) is 32.1. The predicted molar refractivity (Wildman–Crippen MR) is 194 cm³/mol. The highest BCUT2D eigenvalue weighted by Gasteiger charge is 2.47. The molecule has 3 heterocycles. The summed E-state index contributed by atoms with van der Waals surface area (Å²) in [5.41, 5.74) is -1.41. The highest BCUT2D eigenvalue weighted by atomic mass is 16.6. The van der Waals surface area contributed by atoms with E-state index in [2.05, 4.69) is 4.90 Å². The van der Waals surface area contributed by atoms with Gasteiger partial charge in [0.1, 0.15) is 17.5 Å². The summed E-state index contributed by atoms with van der Waals surface area (Å²) in [5, 5.41) is 32.0. The number of carbonyl (C=O) groups excluding carboxylic acids is 3. The highest BCUT2D eigenvalue weighted by Crippen LogP contribution is 2.37. The normalized spacial score (nSPS) is 33.0. The van der Waals surface area contributed by atoms with Crippen LogP contribution in [0.15, 0.2) is 36.0 Å². The monoisotopic (exact) mass is 720 g/mol. The second-order valence-corrected chi connectivity index (χ2v) is 15.3. The number of epoxide rings is 1. The molecule has 0 radical (unpaired) electrons. The molecule has 0 aromatic heterocycles. The SMILES string of the molecule is CC[C@H](O)[C@@H](C)[C@H]1O[C@@H]1C[C@@](C)(O)/C=C/C=C(\C)[C@H]1OC(=O)C[C@H](O)CC[C@@](C)(OC)[C@@H](OC(=O)N2CCN(CCCC(C)=O)CC2)/C=C/[C@@H]1C. The minimum absolute atomic E-state index is 0.0126. The van der Waals surface area contributed by atoms with E-state index in [0.29, 0.717) is 51.9 Å². The lowest BCUT2D eigenvalue weighted by Crippen LogP contribution is -2.51. The molecular formula is C39H64N2O10.